The number of nitrogens with zero attached hydrogens (tertiary/aromatic N) is 2. The lowest BCUT2D eigenvalue weighted by molar-refractivity contribution is -0.385. The fraction of sp³-hybridized carbons (Fsp3) is 0.667. The summed E-state index contributed by atoms with van der Waals surface area (Å²) >= 11 is 5.37. The number of aliphatic hydroxyl groups excluding tert-OH is 1. The zero-order valence-electron chi connectivity index (χ0n) is 13.4. The minimum atomic E-state index is -0.574. The van der Waals surface area contributed by atoms with Gasteiger partial charge in [0.1, 0.15) is 0 Å². The van der Waals surface area contributed by atoms with Gasteiger partial charge in [-0.25, -0.2) is 4.98 Å². The molecule has 2 heterocycles. The van der Waals surface area contributed by atoms with Crippen LogP contribution in [0.1, 0.15) is 38.5 Å². The third-order valence-electron chi connectivity index (χ3n) is 3.01. The van der Waals surface area contributed by atoms with Crippen LogP contribution in [0.5, 0.6) is 0 Å². The first kappa shape index (κ1) is 21.7. The Bertz CT molecular complexity index is 402. The maximum absolute atomic E-state index is 10.1. The van der Waals surface area contributed by atoms with E-state index in [4.69, 9.17) is 22.4 Å². The molecule has 0 amide bonds. The van der Waals surface area contributed by atoms with Crippen LogP contribution < -0.4 is 11.1 Å². The second-order valence-corrected chi connectivity index (χ2v) is 5.31. The molecule has 1 saturated heterocycles. The molecule has 1 fully saturated rings. The minimum Gasteiger partial charge on any atom is -0.396 e. The van der Waals surface area contributed by atoms with E-state index >= 15 is 0 Å². The number of halogens is 1. The Labute approximate surface area is 142 Å². The minimum absolute atomic E-state index is 0.0764. The predicted octanol–water partition coefficient (Wildman–Crippen LogP) is 2.51. The molecule has 0 aromatic carbocycles. The van der Waals surface area contributed by atoms with Crippen LogP contribution in [-0.2, 0) is 0 Å². The normalized spacial score (nSPS) is 13.2. The van der Waals surface area contributed by atoms with Crippen LogP contribution in [0.25, 0.3) is 0 Å². The summed E-state index contributed by atoms with van der Waals surface area (Å²) in [6, 6.07) is 2.76. The van der Waals surface area contributed by atoms with Crippen molar-refractivity contribution in [3.05, 3.63) is 33.6 Å². The van der Waals surface area contributed by atoms with Crippen LogP contribution >= 0.6 is 11.6 Å². The van der Waals surface area contributed by atoms with Crippen LogP contribution in [0.4, 0.5) is 5.69 Å². The van der Waals surface area contributed by atoms with Gasteiger partial charge in [0.05, 0.1) is 4.92 Å². The summed E-state index contributed by atoms with van der Waals surface area (Å²) in [4.78, 5) is 13.1. The molecule has 1 aliphatic rings. The molecular weight excluding hydrogens is 320 g/mol. The molecule has 2 rings (SSSR count). The first-order chi connectivity index (χ1) is 11.1. The first-order valence-corrected chi connectivity index (χ1v) is 8.27. The van der Waals surface area contributed by atoms with Crippen LogP contribution in [0, 0.1) is 10.1 Å². The van der Waals surface area contributed by atoms with Crippen molar-refractivity contribution in [2.75, 3.05) is 26.2 Å². The highest BCUT2D eigenvalue weighted by molar-refractivity contribution is 6.31. The summed E-state index contributed by atoms with van der Waals surface area (Å²) in [7, 11) is 0. The summed E-state index contributed by atoms with van der Waals surface area (Å²) in [5.41, 5.74) is 5.02. The number of rotatable bonds is 5. The monoisotopic (exact) mass is 346 g/mol. The Balaban J connectivity index is 0.000000329. The molecule has 1 aliphatic heterocycles. The van der Waals surface area contributed by atoms with Gasteiger partial charge in [-0.2, -0.15) is 0 Å². The number of nitrogens with one attached hydrogen (secondary N) is 1. The smallest absolute Gasteiger partial charge is 0.306 e. The summed E-state index contributed by atoms with van der Waals surface area (Å²) in [5, 5.41) is 21.6. The quantitative estimate of drug-likeness (QED) is 0.326. The van der Waals surface area contributed by atoms with Crippen molar-refractivity contribution in [3.63, 3.8) is 0 Å². The van der Waals surface area contributed by atoms with Crippen molar-refractivity contribution < 1.29 is 10.0 Å². The molecule has 7 nitrogen and oxygen atoms in total. The number of piperidine rings is 1. The van der Waals surface area contributed by atoms with Crippen molar-refractivity contribution >= 4 is 17.3 Å². The Morgan fingerprint density at radius 2 is 2.00 bits per heavy atom. The van der Waals surface area contributed by atoms with Gasteiger partial charge in [0.15, 0.2) is 0 Å². The van der Waals surface area contributed by atoms with Gasteiger partial charge in [0.25, 0.3) is 0 Å². The average Bonchev–Trinajstić information content (AvgIpc) is 2.58. The highest BCUT2D eigenvalue weighted by Gasteiger charge is 2.10. The van der Waals surface area contributed by atoms with Gasteiger partial charge < -0.3 is 16.2 Å². The number of nitrogens with two attached hydrogens (primary N) is 1. The SMILES string of the molecule is C1CCNCC1.NCCCCCO.O=[N+]([O-])c1cccnc1Cl. The Morgan fingerprint density at radius 1 is 1.30 bits per heavy atom. The number of unbranched alkanes of at least 4 members (excludes halogenated alkanes) is 2. The third kappa shape index (κ3) is 12.9. The van der Waals surface area contributed by atoms with Crippen molar-refractivity contribution in [1.29, 1.82) is 0 Å². The second kappa shape index (κ2) is 15.6. The van der Waals surface area contributed by atoms with Crippen molar-refractivity contribution in [1.82, 2.24) is 10.3 Å². The van der Waals surface area contributed by atoms with E-state index in [0.717, 1.165) is 25.8 Å². The molecule has 0 spiro atoms. The lowest BCUT2D eigenvalue weighted by Gasteiger charge is -2.08. The number of hydrogen-bond acceptors (Lipinski definition) is 6. The van der Waals surface area contributed by atoms with E-state index in [1.807, 2.05) is 0 Å². The van der Waals surface area contributed by atoms with Gasteiger partial charge >= 0.3 is 5.69 Å². The first-order valence-electron chi connectivity index (χ1n) is 7.90. The molecular formula is C15H27ClN4O3. The van der Waals surface area contributed by atoms with Crippen molar-refractivity contribution in [3.8, 4) is 0 Å². The number of aliphatic hydroxyl groups is 1. The van der Waals surface area contributed by atoms with E-state index in [0.29, 0.717) is 6.61 Å². The molecule has 0 unspecified atom stereocenters. The molecule has 8 heteroatoms. The fourth-order valence-corrected chi connectivity index (χ4v) is 1.94. The topological polar surface area (TPSA) is 114 Å². The number of pyridine rings is 1. The molecule has 132 valence electrons. The van der Waals surface area contributed by atoms with Gasteiger partial charge in [-0.1, -0.05) is 18.0 Å². The highest BCUT2D eigenvalue weighted by atomic mass is 35.5. The van der Waals surface area contributed by atoms with Gasteiger partial charge in [0.2, 0.25) is 5.15 Å². The van der Waals surface area contributed by atoms with Gasteiger partial charge in [-0.15, -0.1) is 0 Å². The molecule has 23 heavy (non-hydrogen) atoms. The lowest BCUT2D eigenvalue weighted by atomic mass is 10.2. The molecule has 0 atom stereocenters. The number of nitro groups is 1. The molecule has 1 aromatic heterocycles. The summed E-state index contributed by atoms with van der Waals surface area (Å²) in [6.45, 7) is 3.56. The Kier molecular flexibility index (Phi) is 14.7. The van der Waals surface area contributed by atoms with Crippen LogP contribution in [0.15, 0.2) is 18.3 Å². The Morgan fingerprint density at radius 3 is 2.35 bits per heavy atom. The molecule has 0 aliphatic carbocycles. The van der Waals surface area contributed by atoms with Gasteiger partial charge in [-0.3, -0.25) is 10.1 Å². The standard InChI is InChI=1S/C5H3ClN2O2.C5H13NO.C5H11N/c6-5-4(8(9)10)2-1-3-7-5;6-4-2-1-3-5-7;1-2-4-6-5-3-1/h1-3H;7H,1-6H2;6H,1-5H2. The highest BCUT2D eigenvalue weighted by Crippen LogP contribution is 2.19. The van der Waals surface area contributed by atoms with Crippen molar-refractivity contribution in [2.24, 2.45) is 5.73 Å². The molecule has 0 saturated carbocycles. The fourth-order valence-electron chi connectivity index (χ4n) is 1.75. The Hall–Kier alpha value is -1.28. The lowest BCUT2D eigenvalue weighted by Crippen LogP contribution is -2.21. The molecule has 4 N–H and O–H groups in total. The maximum atomic E-state index is 10.1. The van der Waals surface area contributed by atoms with E-state index in [-0.39, 0.29) is 10.8 Å². The predicted molar refractivity (Wildman–Crippen MR) is 92.6 cm³/mol. The second-order valence-electron chi connectivity index (χ2n) is 4.95. The van der Waals surface area contributed by atoms with Gasteiger partial charge in [0, 0.05) is 18.9 Å². The zero-order valence-corrected chi connectivity index (χ0v) is 14.2. The van der Waals surface area contributed by atoms with Gasteiger partial charge in [-0.05, 0) is 57.8 Å². The zero-order chi connectivity index (χ0) is 17.3. The van der Waals surface area contributed by atoms with E-state index in [1.54, 1.807) is 0 Å². The van der Waals surface area contributed by atoms with E-state index in [1.165, 1.54) is 50.7 Å². The number of aromatic nitrogens is 1. The van der Waals surface area contributed by atoms with Crippen LogP contribution in [0.3, 0.4) is 0 Å². The third-order valence-corrected chi connectivity index (χ3v) is 3.30. The van der Waals surface area contributed by atoms with E-state index in [2.05, 4.69) is 10.3 Å². The largest absolute Gasteiger partial charge is 0.396 e. The molecule has 0 radical (unpaired) electrons. The van der Waals surface area contributed by atoms with Crippen LogP contribution in [-0.4, -0.2) is 41.3 Å². The maximum Gasteiger partial charge on any atom is 0.306 e. The van der Waals surface area contributed by atoms with E-state index < -0.39 is 4.92 Å². The molecule has 0 bridgehead atoms. The summed E-state index contributed by atoms with van der Waals surface area (Å²) in [5.74, 6) is 0. The average molecular weight is 347 g/mol. The van der Waals surface area contributed by atoms with Crippen LogP contribution in [0.2, 0.25) is 5.15 Å². The number of hydrogen-bond donors (Lipinski definition) is 3. The van der Waals surface area contributed by atoms with E-state index in [9.17, 15) is 10.1 Å². The molecule has 1 aromatic rings. The summed E-state index contributed by atoms with van der Waals surface area (Å²) < 4.78 is 0. The van der Waals surface area contributed by atoms with Crippen molar-refractivity contribution in [2.45, 2.75) is 38.5 Å². The summed E-state index contributed by atoms with van der Waals surface area (Å²) in [6.07, 6.45) is 8.62.